The third-order valence-corrected chi connectivity index (χ3v) is 4.23. The lowest BCUT2D eigenvalue weighted by atomic mass is 10.2. The summed E-state index contributed by atoms with van der Waals surface area (Å²) in [5, 5.41) is 6.33. The van der Waals surface area contributed by atoms with Crippen LogP contribution in [-0.2, 0) is 6.54 Å². The first-order valence-corrected chi connectivity index (χ1v) is 8.80. The molecular formula is C20H19ClN4O3. The van der Waals surface area contributed by atoms with Crippen molar-refractivity contribution in [2.45, 2.75) is 6.54 Å². The maximum atomic E-state index is 12.3. The molecule has 3 rings (SSSR count). The smallest absolute Gasteiger partial charge is 0.254 e. The van der Waals surface area contributed by atoms with E-state index in [1.807, 2.05) is 24.3 Å². The number of ether oxygens (including phenoxy) is 2. The standard InChI is InChI=1S/C20H19ClN4O3/c1-27-16-6-3-13(4-7-16)10-22-19(26)14-11-23-20(24-12-14)25-15-5-8-18(28-2)17(21)9-15/h3-9,11-12H,10H2,1-2H3,(H,22,26)(H,23,24,25). The van der Waals surface area contributed by atoms with Crippen LogP contribution < -0.4 is 20.1 Å². The van der Waals surface area contributed by atoms with E-state index in [0.717, 1.165) is 11.3 Å². The van der Waals surface area contributed by atoms with Crippen LogP contribution in [0.1, 0.15) is 15.9 Å². The van der Waals surface area contributed by atoms with Crippen LogP contribution in [-0.4, -0.2) is 30.1 Å². The average Bonchev–Trinajstić information content (AvgIpc) is 2.73. The fourth-order valence-electron chi connectivity index (χ4n) is 2.41. The fraction of sp³-hybridized carbons (Fsp3) is 0.150. The van der Waals surface area contributed by atoms with E-state index in [-0.39, 0.29) is 5.91 Å². The van der Waals surface area contributed by atoms with Crippen molar-refractivity contribution in [3.63, 3.8) is 0 Å². The van der Waals surface area contributed by atoms with Gasteiger partial charge in [-0.2, -0.15) is 0 Å². The monoisotopic (exact) mass is 398 g/mol. The molecule has 2 aromatic carbocycles. The van der Waals surface area contributed by atoms with Crippen molar-refractivity contribution in [2.24, 2.45) is 0 Å². The lowest BCUT2D eigenvalue weighted by Gasteiger charge is -2.09. The second-order valence-corrected chi connectivity index (χ2v) is 6.21. The molecule has 0 aliphatic heterocycles. The third-order valence-electron chi connectivity index (χ3n) is 3.93. The van der Waals surface area contributed by atoms with Gasteiger partial charge in [-0.05, 0) is 35.9 Å². The van der Waals surface area contributed by atoms with E-state index in [0.29, 0.717) is 34.5 Å². The van der Waals surface area contributed by atoms with Crippen molar-refractivity contribution < 1.29 is 14.3 Å². The van der Waals surface area contributed by atoms with Gasteiger partial charge >= 0.3 is 0 Å². The Morgan fingerprint density at radius 3 is 2.36 bits per heavy atom. The Balaban J connectivity index is 1.58. The van der Waals surface area contributed by atoms with Gasteiger partial charge in [-0.15, -0.1) is 0 Å². The number of anilines is 2. The first-order chi connectivity index (χ1) is 13.6. The van der Waals surface area contributed by atoms with E-state index >= 15 is 0 Å². The Kier molecular flexibility index (Phi) is 6.29. The minimum atomic E-state index is -0.255. The van der Waals surface area contributed by atoms with Gasteiger partial charge in [-0.3, -0.25) is 4.79 Å². The molecule has 0 aliphatic rings. The lowest BCUT2D eigenvalue weighted by molar-refractivity contribution is 0.0950. The molecule has 7 nitrogen and oxygen atoms in total. The zero-order chi connectivity index (χ0) is 19.9. The molecule has 1 heterocycles. The molecular weight excluding hydrogens is 380 g/mol. The summed E-state index contributed by atoms with van der Waals surface area (Å²) in [7, 11) is 3.16. The fourth-order valence-corrected chi connectivity index (χ4v) is 2.67. The summed E-state index contributed by atoms with van der Waals surface area (Å²) in [5.41, 5.74) is 2.04. The highest BCUT2D eigenvalue weighted by molar-refractivity contribution is 6.32. The van der Waals surface area contributed by atoms with E-state index in [4.69, 9.17) is 21.1 Å². The molecule has 0 spiro atoms. The van der Waals surface area contributed by atoms with Crippen LogP contribution in [0.5, 0.6) is 11.5 Å². The maximum Gasteiger partial charge on any atom is 0.254 e. The second-order valence-electron chi connectivity index (χ2n) is 5.80. The predicted molar refractivity (Wildman–Crippen MR) is 107 cm³/mol. The normalized spacial score (nSPS) is 10.2. The van der Waals surface area contributed by atoms with Gasteiger partial charge in [0.05, 0.1) is 24.8 Å². The number of hydrogen-bond donors (Lipinski definition) is 2. The number of carbonyl (C=O) groups excluding carboxylic acids is 1. The zero-order valence-corrected chi connectivity index (χ0v) is 16.2. The van der Waals surface area contributed by atoms with Crippen LogP contribution in [0, 0.1) is 0 Å². The molecule has 28 heavy (non-hydrogen) atoms. The molecule has 2 N–H and O–H groups in total. The minimum Gasteiger partial charge on any atom is -0.497 e. The van der Waals surface area contributed by atoms with Gasteiger partial charge in [0.15, 0.2) is 0 Å². The first-order valence-electron chi connectivity index (χ1n) is 8.43. The summed E-state index contributed by atoms with van der Waals surface area (Å²) in [6.07, 6.45) is 2.92. The van der Waals surface area contributed by atoms with Crippen LogP contribution in [0.15, 0.2) is 54.9 Å². The molecule has 0 aliphatic carbocycles. The van der Waals surface area contributed by atoms with Gasteiger partial charge in [0.2, 0.25) is 5.95 Å². The molecule has 1 amide bonds. The van der Waals surface area contributed by atoms with Crippen LogP contribution in [0.4, 0.5) is 11.6 Å². The van der Waals surface area contributed by atoms with Crippen LogP contribution in [0.2, 0.25) is 5.02 Å². The minimum absolute atomic E-state index is 0.255. The molecule has 0 radical (unpaired) electrons. The van der Waals surface area contributed by atoms with Gasteiger partial charge in [-0.25, -0.2) is 9.97 Å². The summed E-state index contributed by atoms with van der Waals surface area (Å²) in [6, 6.07) is 12.7. The summed E-state index contributed by atoms with van der Waals surface area (Å²) < 4.78 is 10.2. The zero-order valence-electron chi connectivity index (χ0n) is 15.4. The molecule has 0 atom stereocenters. The number of aromatic nitrogens is 2. The summed E-state index contributed by atoms with van der Waals surface area (Å²) in [4.78, 5) is 20.6. The number of nitrogens with one attached hydrogen (secondary N) is 2. The van der Waals surface area contributed by atoms with Crippen LogP contribution >= 0.6 is 11.6 Å². The highest BCUT2D eigenvalue weighted by Gasteiger charge is 2.08. The molecule has 0 saturated carbocycles. The third kappa shape index (κ3) is 4.89. The van der Waals surface area contributed by atoms with E-state index in [1.54, 1.807) is 32.4 Å². The molecule has 0 fully saturated rings. The topological polar surface area (TPSA) is 85.4 Å². The highest BCUT2D eigenvalue weighted by atomic mass is 35.5. The van der Waals surface area contributed by atoms with Gasteiger partial charge in [0, 0.05) is 24.6 Å². The predicted octanol–water partition coefficient (Wildman–Crippen LogP) is 3.82. The number of amides is 1. The number of nitrogens with zero attached hydrogens (tertiary/aromatic N) is 2. The van der Waals surface area contributed by atoms with Crippen LogP contribution in [0.25, 0.3) is 0 Å². The second kappa shape index (κ2) is 9.05. The average molecular weight is 399 g/mol. The molecule has 0 saturated heterocycles. The number of methoxy groups -OCH3 is 2. The Hall–Kier alpha value is -3.32. The number of carbonyl (C=O) groups is 1. The van der Waals surface area contributed by atoms with Crippen molar-refractivity contribution in [1.29, 1.82) is 0 Å². The quantitative estimate of drug-likeness (QED) is 0.629. The van der Waals surface area contributed by atoms with E-state index in [2.05, 4.69) is 20.6 Å². The van der Waals surface area contributed by atoms with Crippen molar-refractivity contribution in [2.75, 3.05) is 19.5 Å². The van der Waals surface area contributed by atoms with E-state index in [9.17, 15) is 4.79 Å². The first kappa shape index (κ1) is 19.4. The summed E-state index contributed by atoms with van der Waals surface area (Å²) in [6.45, 7) is 0.396. The Bertz CT molecular complexity index is 947. The van der Waals surface area contributed by atoms with Crippen molar-refractivity contribution >= 4 is 29.1 Å². The SMILES string of the molecule is COc1ccc(CNC(=O)c2cnc(Nc3ccc(OC)c(Cl)c3)nc2)cc1. The highest BCUT2D eigenvalue weighted by Crippen LogP contribution is 2.28. The molecule has 8 heteroatoms. The molecule has 1 aromatic heterocycles. The number of halogens is 1. The molecule has 0 bridgehead atoms. The van der Waals surface area contributed by atoms with E-state index < -0.39 is 0 Å². The van der Waals surface area contributed by atoms with Crippen molar-refractivity contribution in [1.82, 2.24) is 15.3 Å². The van der Waals surface area contributed by atoms with Gasteiger partial charge in [0.1, 0.15) is 11.5 Å². The molecule has 3 aromatic rings. The number of hydrogen-bond acceptors (Lipinski definition) is 6. The lowest BCUT2D eigenvalue weighted by Crippen LogP contribution is -2.23. The van der Waals surface area contributed by atoms with Crippen molar-refractivity contribution in [3.05, 3.63) is 71.0 Å². The van der Waals surface area contributed by atoms with Gasteiger partial charge in [-0.1, -0.05) is 23.7 Å². The summed E-state index contributed by atoms with van der Waals surface area (Å²) in [5.74, 6) is 1.45. The summed E-state index contributed by atoms with van der Waals surface area (Å²) >= 11 is 6.10. The largest absolute Gasteiger partial charge is 0.497 e. The number of benzene rings is 2. The maximum absolute atomic E-state index is 12.3. The van der Waals surface area contributed by atoms with Crippen molar-refractivity contribution in [3.8, 4) is 11.5 Å². The molecule has 0 unspecified atom stereocenters. The Labute approximate surface area is 167 Å². The van der Waals surface area contributed by atoms with Gasteiger partial charge in [0.25, 0.3) is 5.91 Å². The Morgan fingerprint density at radius 2 is 1.75 bits per heavy atom. The Morgan fingerprint density at radius 1 is 1.04 bits per heavy atom. The van der Waals surface area contributed by atoms with Crippen LogP contribution in [0.3, 0.4) is 0 Å². The van der Waals surface area contributed by atoms with Gasteiger partial charge < -0.3 is 20.1 Å². The van der Waals surface area contributed by atoms with E-state index in [1.165, 1.54) is 12.4 Å². The molecule has 144 valence electrons. The number of rotatable bonds is 7.